The van der Waals surface area contributed by atoms with Crippen molar-refractivity contribution in [2.24, 2.45) is 0 Å². The van der Waals surface area contributed by atoms with Crippen molar-refractivity contribution in [3.63, 3.8) is 0 Å². The summed E-state index contributed by atoms with van der Waals surface area (Å²) in [5.41, 5.74) is 7.60. The summed E-state index contributed by atoms with van der Waals surface area (Å²) in [4.78, 5) is 4.75. The summed E-state index contributed by atoms with van der Waals surface area (Å²) < 4.78 is 0. The van der Waals surface area contributed by atoms with Crippen LogP contribution in [0, 0.1) is 27.7 Å². The summed E-state index contributed by atoms with van der Waals surface area (Å²) in [6.45, 7) is 12.5. The van der Waals surface area contributed by atoms with Crippen LogP contribution in [0.25, 0.3) is 0 Å². The number of nitrogens with one attached hydrogen (secondary N) is 1. The molecule has 2 aromatic rings. The van der Waals surface area contributed by atoms with Gasteiger partial charge in [0, 0.05) is 37.6 Å². The molecule has 0 spiro atoms. The van der Waals surface area contributed by atoms with Crippen LogP contribution in [0.4, 0.5) is 11.4 Å². The average molecular weight is 354 g/mol. The molecule has 3 nitrogen and oxygen atoms in total. The lowest BCUT2D eigenvalue weighted by Gasteiger charge is -2.38. The van der Waals surface area contributed by atoms with Crippen LogP contribution in [0.15, 0.2) is 36.4 Å². The van der Waals surface area contributed by atoms with Crippen LogP contribution in [0.1, 0.15) is 22.3 Å². The highest BCUT2D eigenvalue weighted by atomic mass is 32.1. The molecular formula is C21H27N3S. The molecule has 1 heterocycles. The van der Waals surface area contributed by atoms with E-state index in [4.69, 9.17) is 12.2 Å². The highest BCUT2D eigenvalue weighted by molar-refractivity contribution is 7.80. The number of anilines is 2. The van der Waals surface area contributed by atoms with Crippen LogP contribution < -0.4 is 10.2 Å². The fourth-order valence-electron chi connectivity index (χ4n) is 3.28. The second-order valence-corrected chi connectivity index (χ2v) is 7.40. The van der Waals surface area contributed by atoms with Crippen LogP contribution in [0.3, 0.4) is 0 Å². The molecule has 0 saturated carbocycles. The monoisotopic (exact) mass is 353 g/mol. The first kappa shape index (κ1) is 17.7. The number of thiocarbonyl (C=S) groups is 1. The van der Waals surface area contributed by atoms with Crippen LogP contribution >= 0.6 is 12.2 Å². The first-order valence-electron chi connectivity index (χ1n) is 8.89. The molecule has 1 N–H and O–H groups in total. The van der Waals surface area contributed by atoms with Gasteiger partial charge in [-0.15, -0.1) is 0 Å². The molecule has 2 aromatic carbocycles. The standard InChI is InChI=1S/C21H27N3S/c1-15-5-7-17(3)19(13-15)22-21(25)24-11-9-23(10-12-24)20-14-16(2)6-8-18(20)4/h5-8,13-14H,9-12H2,1-4H3,(H,22,25). The van der Waals surface area contributed by atoms with Gasteiger partial charge < -0.3 is 15.1 Å². The molecule has 0 bridgehead atoms. The normalized spacial score (nSPS) is 14.6. The Balaban J connectivity index is 1.63. The summed E-state index contributed by atoms with van der Waals surface area (Å²) in [7, 11) is 0. The molecule has 132 valence electrons. The number of aryl methyl sites for hydroxylation is 4. The number of hydrogen-bond donors (Lipinski definition) is 1. The minimum atomic E-state index is 0.828. The minimum Gasteiger partial charge on any atom is -0.368 e. The van der Waals surface area contributed by atoms with E-state index in [2.05, 4.69) is 79.2 Å². The van der Waals surface area contributed by atoms with Crippen molar-refractivity contribution in [3.05, 3.63) is 58.7 Å². The maximum absolute atomic E-state index is 5.66. The molecule has 3 rings (SSSR count). The van der Waals surface area contributed by atoms with E-state index in [1.807, 2.05) is 0 Å². The Labute approximate surface area is 156 Å². The lowest BCUT2D eigenvalue weighted by molar-refractivity contribution is 0.390. The van der Waals surface area contributed by atoms with Crippen molar-refractivity contribution in [2.75, 3.05) is 36.4 Å². The van der Waals surface area contributed by atoms with Gasteiger partial charge in [-0.1, -0.05) is 24.3 Å². The Hall–Kier alpha value is -2.07. The van der Waals surface area contributed by atoms with Gasteiger partial charge in [0.25, 0.3) is 0 Å². The quantitative estimate of drug-likeness (QED) is 0.804. The summed E-state index contributed by atoms with van der Waals surface area (Å²) in [5.74, 6) is 0. The Morgan fingerprint density at radius 3 is 2.12 bits per heavy atom. The lowest BCUT2D eigenvalue weighted by Crippen LogP contribution is -2.50. The van der Waals surface area contributed by atoms with Gasteiger partial charge in [-0.25, -0.2) is 0 Å². The smallest absolute Gasteiger partial charge is 0.173 e. The van der Waals surface area contributed by atoms with Crippen molar-refractivity contribution in [2.45, 2.75) is 27.7 Å². The van der Waals surface area contributed by atoms with E-state index in [1.54, 1.807) is 0 Å². The van der Waals surface area contributed by atoms with Gasteiger partial charge in [0.05, 0.1) is 0 Å². The van der Waals surface area contributed by atoms with Gasteiger partial charge >= 0.3 is 0 Å². The molecule has 1 aliphatic heterocycles. The molecule has 0 unspecified atom stereocenters. The minimum absolute atomic E-state index is 0.828. The number of piperazine rings is 1. The zero-order chi connectivity index (χ0) is 18.0. The molecule has 0 amide bonds. The van der Waals surface area contributed by atoms with Crippen molar-refractivity contribution >= 4 is 28.7 Å². The Bertz CT molecular complexity index is 777. The van der Waals surface area contributed by atoms with Crippen LogP contribution in [0.5, 0.6) is 0 Å². The molecular weight excluding hydrogens is 326 g/mol. The third kappa shape index (κ3) is 4.13. The predicted octanol–water partition coefficient (Wildman–Crippen LogP) is 4.44. The number of hydrogen-bond acceptors (Lipinski definition) is 2. The van der Waals surface area contributed by atoms with Crippen molar-refractivity contribution < 1.29 is 0 Å². The van der Waals surface area contributed by atoms with Crippen molar-refractivity contribution in [1.29, 1.82) is 0 Å². The summed E-state index contributed by atoms with van der Waals surface area (Å²) in [6.07, 6.45) is 0. The Morgan fingerprint density at radius 2 is 1.44 bits per heavy atom. The van der Waals surface area contributed by atoms with Gasteiger partial charge in [-0.3, -0.25) is 0 Å². The third-order valence-corrected chi connectivity index (χ3v) is 5.27. The Kier molecular flexibility index (Phi) is 5.28. The molecule has 0 aromatic heterocycles. The second kappa shape index (κ2) is 7.44. The van der Waals surface area contributed by atoms with Gasteiger partial charge in [-0.05, 0) is 74.3 Å². The number of nitrogens with zero attached hydrogens (tertiary/aromatic N) is 2. The third-order valence-electron chi connectivity index (χ3n) is 4.91. The van der Waals surface area contributed by atoms with Crippen molar-refractivity contribution in [1.82, 2.24) is 4.90 Å². The SMILES string of the molecule is Cc1ccc(C)c(NC(=S)N2CCN(c3cc(C)ccc3C)CC2)c1. The van der Waals surface area contributed by atoms with E-state index in [1.165, 1.54) is 27.9 Å². The number of benzene rings is 2. The van der Waals surface area contributed by atoms with Gasteiger partial charge in [0.1, 0.15) is 0 Å². The number of rotatable bonds is 2. The van der Waals surface area contributed by atoms with E-state index in [9.17, 15) is 0 Å². The fraction of sp³-hybridized carbons (Fsp3) is 0.381. The first-order chi connectivity index (χ1) is 11.9. The molecule has 1 fully saturated rings. The van der Waals surface area contributed by atoms with E-state index >= 15 is 0 Å². The van der Waals surface area contributed by atoms with Crippen molar-refractivity contribution in [3.8, 4) is 0 Å². The lowest BCUT2D eigenvalue weighted by atomic mass is 10.1. The van der Waals surface area contributed by atoms with Crippen LogP contribution in [-0.2, 0) is 0 Å². The zero-order valence-corrected chi connectivity index (χ0v) is 16.4. The fourth-order valence-corrected chi connectivity index (χ4v) is 3.57. The molecule has 0 atom stereocenters. The van der Waals surface area contributed by atoms with E-state index in [0.29, 0.717) is 0 Å². The largest absolute Gasteiger partial charge is 0.368 e. The topological polar surface area (TPSA) is 18.5 Å². The maximum Gasteiger partial charge on any atom is 0.173 e. The second-order valence-electron chi connectivity index (χ2n) is 7.01. The summed E-state index contributed by atoms with van der Waals surface area (Å²) in [6, 6.07) is 13.1. The highest BCUT2D eigenvalue weighted by Gasteiger charge is 2.20. The highest BCUT2D eigenvalue weighted by Crippen LogP contribution is 2.23. The predicted molar refractivity (Wildman–Crippen MR) is 112 cm³/mol. The van der Waals surface area contributed by atoms with Crippen LogP contribution in [0.2, 0.25) is 0 Å². The molecule has 0 radical (unpaired) electrons. The van der Waals surface area contributed by atoms with Gasteiger partial charge in [0.15, 0.2) is 5.11 Å². The molecule has 0 aliphatic carbocycles. The average Bonchev–Trinajstić information content (AvgIpc) is 2.60. The summed E-state index contributed by atoms with van der Waals surface area (Å²) in [5, 5.41) is 4.26. The molecule has 1 aliphatic rings. The van der Waals surface area contributed by atoms with Crippen LogP contribution in [-0.4, -0.2) is 36.2 Å². The van der Waals surface area contributed by atoms with Gasteiger partial charge in [0.2, 0.25) is 0 Å². The maximum atomic E-state index is 5.66. The Morgan fingerprint density at radius 1 is 0.840 bits per heavy atom. The zero-order valence-electron chi connectivity index (χ0n) is 15.6. The van der Waals surface area contributed by atoms with E-state index < -0.39 is 0 Å². The molecule has 1 saturated heterocycles. The molecule has 25 heavy (non-hydrogen) atoms. The first-order valence-corrected chi connectivity index (χ1v) is 9.30. The van der Waals surface area contributed by atoms with E-state index in [0.717, 1.165) is 37.0 Å². The van der Waals surface area contributed by atoms with E-state index in [-0.39, 0.29) is 0 Å². The van der Waals surface area contributed by atoms with Gasteiger partial charge in [-0.2, -0.15) is 0 Å². The summed E-state index contributed by atoms with van der Waals surface area (Å²) >= 11 is 5.66. The molecule has 4 heteroatoms.